The molecule has 1 aliphatic rings. The number of hydrogen-bond donors (Lipinski definition) is 1. The highest BCUT2D eigenvalue weighted by atomic mass is 35.5. The van der Waals surface area contributed by atoms with Gasteiger partial charge < -0.3 is 14.8 Å². The summed E-state index contributed by atoms with van der Waals surface area (Å²) in [6.45, 7) is 2.77. The molecular weight excluding hydrogens is 242 g/mol. The van der Waals surface area contributed by atoms with Crippen molar-refractivity contribution in [2.24, 2.45) is 0 Å². The molecule has 0 spiro atoms. The van der Waals surface area contributed by atoms with E-state index in [1.807, 2.05) is 6.92 Å². The summed E-state index contributed by atoms with van der Waals surface area (Å²) < 4.78 is 10.7. The number of aromatic nitrogens is 2. The van der Waals surface area contributed by atoms with Gasteiger partial charge in [0.2, 0.25) is 0 Å². The summed E-state index contributed by atoms with van der Waals surface area (Å²) in [5.74, 6) is 1.14. The highest BCUT2D eigenvalue weighted by Gasteiger charge is 2.30. The zero-order chi connectivity index (χ0) is 12.3. The molecule has 0 bridgehead atoms. The molecule has 1 aromatic heterocycles. The fraction of sp³-hybridized carbons (Fsp3) is 0.636. The molecule has 17 heavy (non-hydrogen) atoms. The molecule has 1 saturated carbocycles. The maximum atomic E-state index is 5.91. The number of rotatable bonds is 5. The molecule has 0 atom stereocenters. The summed E-state index contributed by atoms with van der Waals surface area (Å²) in [6.07, 6.45) is 3.75. The van der Waals surface area contributed by atoms with Gasteiger partial charge in [-0.1, -0.05) is 11.6 Å². The topological polar surface area (TPSA) is 56.3 Å². The van der Waals surface area contributed by atoms with E-state index in [0.29, 0.717) is 28.9 Å². The molecule has 0 aliphatic heterocycles. The fourth-order valence-electron chi connectivity index (χ4n) is 1.88. The van der Waals surface area contributed by atoms with E-state index >= 15 is 0 Å². The van der Waals surface area contributed by atoms with Gasteiger partial charge in [-0.25, -0.2) is 9.97 Å². The largest absolute Gasteiger partial charge is 0.490 e. The zero-order valence-corrected chi connectivity index (χ0v) is 10.7. The third-order valence-corrected chi connectivity index (χ3v) is 3.07. The monoisotopic (exact) mass is 257 g/mol. The third kappa shape index (κ3) is 2.79. The second kappa shape index (κ2) is 5.51. The first-order valence-corrected chi connectivity index (χ1v) is 6.05. The summed E-state index contributed by atoms with van der Waals surface area (Å²) in [5.41, 5.74) is 0. The molecule has 0 unspecified atom stereocenters. The molecule has 2 rings (SSSR count). The number of nitrogens with zero attached hydrogens (tertiary/aromatic N) is 2. The Kier molecular flexibility index (Phi) is 4.02. The number of ether oxygens (including phenoxy) is 2. The Labute approximate surface area is 105 Å². The van der Waals surface area contributed by atoms with Crippen LogP contribution in [-0.4, -0.2) is 35.8 Å². The van der Waals surface area contributed by atoms with Crippen LogP contribution in [0, 0.1) is 0 Å². The highest BCUT2D eigenvalue weighted by Crippen LogP contribution is 2.32. The minimum absolute atomic E-state index is 0.325. The Balaban J connectivity index is 1.94. The molecule has 1 aliphatic carbocycles. The van der Waals surface area contributed by atoms with Crippen molar-refractivity contribution in [1.29, 1.82) is 0 Å². The Morgan fingerprint density at radius 2 is 2.24 bits per heavy atom. The smallest absolute Gasteiger partial charge is 0.198 e. The lowest BCUT2D eigenvalue weighted by atomic mass is 9.89. The fourth-order valence-corrected chi connectivity index (χ4v) is 2.09. The molecule has 1 heterocycles. The second-order valence-electron chi connectivity index (χ2n) is 3.94. The molecule has 0 saturated heterocycles. The summed E-state index contributed by atoms with van der Waals surface area (Å²) in [4.78, 5) is 8.00. The SMILES string of the molecule is CCOC1CC(Nc2ncnc(Cl)c2OC)C1. The van der Waals surface area contributed by atoms with Gasteiger partial charge in [-0.2, -0.15) is 0 Å². The Morgan fingerprint density at radius 1 is 1.47 bits per heavy atom. The first-order valence-electron chi connectivity index (χ1n) is 5.67. The Morgan fingerprint density at radius 3 is 2.88 bits per heavy atom. The molecule has 0 radical (unpaired) electrons. The van der Waals surface area contributed by atoms with Crippen LogP contribution in [-0.2, 0) is 4.74 Å². The average Bonchev–Trinajstić information content (AvgIpc) is 2.26. The standard InChI is InChI=1S/C11H16ClN3O2/c1-3-17-8-4-7(5-8)15-11-9(16-2)10(12)13-6-14-11/h6-8H,3-5H2,1-2H3,(H,13,14,15). The van der Waals surface area contributed by atoms with Gasteiger partial charge in [0.1, 0.15) is 6.33 Å². The summed E-state index contributed by atoms with van der Waals surface area (Å²) in [5, 5.41) is 3.61. The number of nitrogens with one attached hydrogen (secondary N) is 1. The first kappa shape index (κ1) is 12.4. The van der Waals surface area contributed by atoms with Gasteiger partial charge in [-0.3, -0.25) is 0 Å². The molecule has 5 nitrogen and oxygen atoms in total. The predicted molar refractivity (Wildman–Crippen MR) is 65.7 cm³/mol. The van der Waals surface area contributed by atoms with E-state index in [1.54, 1.807) is 7.11 Å². The van der Waals surface area contributed by atoms with E-state index in [2.05, 4.69) is 15.3 Å². The van der Waals surface area contributed by atoms with Gasteiger partial charge in [0.25, 0.3) is 0 Å². The minimum Gasteiger partial charge on any atom is -0.490 e. The minimum atomic E-state index is 0.325. The van der Waals surface area contributed by atoms with Crippen LogP contribution in [0.5, 0.6) is 5.75 Å². The highest BCUT2D eigenvalue weighted by molar-refractivity contribution is 6.31. The van der Waals surface area contributed by atoms with Gasteiger partial charge in [0.05, 0.1) is 13.2 Å². The third-order valence-electron chi connectivity index (χ3n) is 2.80. The Bertz CT molecular complexity index is 383. The molecule has 1 N–H and O–H groups in total. The molecule has 1 fully saturated rings. The van der Waals surface area contributed by atoms with Crippen LogP contribution >= 0.6 is 11.6 Å². The van der Waals surface area contributed by atoms with Crippen molar-refractivity contribution in [2.75, 3.05) is 19.0 Å². The quantitative estimate of drug-likeness (QED) is 0.819. The molecule has 1 aromatic rings. The van der Waals surface area contributed by atoms with Gasteiger partial charge in [0, 0.05) is 12.6 Å². The van der Waals surface area contributed by atoms with Crippen molar-refractivity contribution in [3.05, 3.63) is 11.5 Å². The van der Waals surface area contributed by atoms with E-state index in [-0.39, 0.29) is 0 Å². The normalized spacial score (nSPS) is 23.0. The van der Waals surface area contributed by atoms with Crippen molar-refractivity contribution < 1.29 is 9.47 Å². The number of halogens is 1. The van der Waals surface area contributed by atoms with Crippen molar-refractivity contribution in [3.63, 3.8) is 0 Å². The van der Waals surface area contributed by atoms with Crippen molar-refractivity contribution in [2.45, 2.75) is 31.9 Å². The second-order valence-corrected chi connectivity index (χ2v) is 4.29. The maximum Gasteiger partial charge on any atom is 0.198 e. The van der Waals surface area contributed by atoms with Gasteiger partial charge in [-0.15, -0.1) is 0 Å². The zero-order valence-electron chi connectivity index (χ0n) is 9.94. The van der Waals surface area contributed by atoms with Crippen molar-refractivity contribution in [3.8, 4) is 5.75 Å². The van der Waals surface area contributed by atoms with Crippen LogP contribution in [0.1, 0.15) is 19.8 Å². The van der Waals surface area contributed by atoms with Crippen LogP contribution in [0.4, 0.5) is 5.82 Å². The van der Waals surface area contributed by atoms with Crippen molar-refractivity contribution >= 4 is 17.4 Å². The van der Waals surface area contributed by atoms with Gasteiger partial charge >= 0.3 is 0 Å². The van der Waals surface area contributed by atoms with E-state index in [1.165, 1.54) is 6.33 Å². The van der Waals surface area contributed by atoms with E-state index in [9.17, 15) is 0 Å². The lowest BCUT2D eigenvalue weighted by Gasteiger charge is -2.35. The molecular formula is C11H16ClN3O2. The van der Waals surface area contributed by atoms with Crippen LogP contribution in [0.25, 0.3) is 0 Å². The van der Waals surface area contributed by atoms with Gasteiger partial charge in [-0.05, 0) is 19.8 Å². The maximum absolute atomic E-state index is 5.91. The lowest BCUT2D eigenvalue weighted by Crippen LogP contribution is -2.41. The average molecular weight is 258 g/mol. The molecule has 6 heteroatoms. The summed E-state index contributed by atoms with van der Waals surface area (Å²) >= 11 is 5.91. The van der Waals surface area contributed by atoms with Crippen LogP contribution < -0.4 is 10.1 Å². The number of anilines is 1. The molecule has 0 amide bonds. The van der Waals surface area contributed by atoms with Crippen molar-refractivity contribution in [1.82, 2.24) is 9.97 Å². The summed E-state index contributed by atoms with van der Waals surface area (Å²) in [7, 11) is 1.56. The summed E-state index contributed by atoms with van der Waals surface area (Å²) in [6, 6.07) is 0.367. The number of hydrogen-bond acceptors (Lipinski definition) is 5. The molecule has 94 valence electrons. The first-order chi connectivity index (χ1) is 8.24. The van der Waals surface area contributed by atoms with Crippen LogP contribution in [0.2, 0.25) is 5.15 Å². The predicted octanol–water partition coefficient (Wildman–Crippen LogP) is 2.12. The molecule has 0 aromatic carbocycles. The van der Waals surface area contributed by atoms with Crippen LogP contribution in [0.3, 0.4) is 0 Å². The van der Waals surface area contributed by atoms with E-state index in [4.69, 9.17) is 21.1 Å². The van der Waals surface area contributed by atoms with E-state index < -0.39 is 0 Å². The lowest BCUT2D eigenvalue weighted by molar-refractivity contribution is 0.00288. The number of methoxy groups -OCH3 is 1. The Hall–Kier alpha value is -1.07. The van der Waals surface area contributed by atoms with E-state index in [0.717, 1.165) is 19.4 Å². The van der Waals surface area contributed by atoms with Crippen LogP contribution in [0.15, 0.2) is 6.33 Å². The van der Waals surface area contributed by atoms with Gasteiger partial charge in [0.15, 0.2) is 16.7 Å².